The molecule has 134 valence electrons. The molecule has 1 amide bonds. The van der Waals surface area contributed by atoms with Crippen LogP contribution in [-0.4, -0.2) is 54.1 Å². The van der Waals surface area contributed by atoms with Crippen molar-refractivity contribution >= 4 is 27.0 Å². The SMILES string of the molecule is CCCS(=O)(=O)NC1CCN(C(=O)c2cnc3ccccc3n2)CC1. The number of piperidine rings is 1. The Morgan fingerprint density at radius 3 is 2.60 bits per heavy atom. The minimum Gasteiger partial charge on any atom is -0.337 e. The first-order valence-corrected chi connectivity index (χ1v) is 10.1. The van der Waals surface area contributed by atoms with E-state index in [-0.39, 0.29) is 17.7 Å². The lowest BCUT2D eigenvalue weighted by atomic mass is 10.1. The van der Waals surface area contributed by atoms with Crippen LogP contribution in [0.2, 0.25) is 0 Å². The first-order valence-electron chi connectivity index (χ1n) is 8.49. The van der Waals surface area contributed by atoms with Crippen LogP contribution in [0.4, 0.5) is 0 Å². The lowest BCUT2D eigenvalue weighted by Crippen LogP contribution is -2.47. The first-order chi connectivity index (χ1) is 12.0. The fourth-order valence-electron chi connectivity index (χ4n) is 3.00. The van der Waals surface area contributed by atoms with Gasteiger partial charge in [0.25, 0.3) is 5.91 Å². The highest BCUT2D eigenvalue weighted by atomic mass is 32.2. The average Bonchev–Trinajstić information content (AvgIpc) is 2.61. The van der Waals surface area contributed by atoms with Crippen LogP contribution in [0.1, 0.15) is 36.7 Å². The first kappa shape index (κ1) is 17.8. The monoisotopic (exact) mass is 362 g/mol. The third-order valence-corrected chi connectivity index (χ3v) is 5.91. The molecule has 0 bridgehead atoms. The molecule has 1 N–H and O–H groups in total. The van der Waals surface area contributed by atoms with Crippen molar-refractivity contribution in [3.05, 3.63) is 36.2 Å². The molecule has 25 heavy (non-hydrogen) atoms. The molecule has 1 fully saturated rings. The van der Waals surface area contributed by atoms with Crippen molar-refractivity contribution in [1.82, 2.24) is 19.6 Å². The van der Waals surface area contributed by atoms with E-state index in [0.29, 0.717) is 43.6 Å². The number of para-hydroxylation sites is 2. The summed E-state index contributed by atoms with van der Waals surface area (Å²) in [7, 11) is -3.22. The fourth-order valence-corrected chi connectivity index (χ4v) is 4.40. The second kappa shape index (κ2) is 7.45. The summed E-state index contributed by atoms with van der Waals surface area (Å²) in [6, 6.07) is 7.31. The molecule has 0 saturated carbocycles. The Bertz CT molecular complexity index is 861. The number of nitrogens with one attached hydrogen (secondary N) is 1. The number of fused-ring (bicyclic) bond motifs is 1. The Kier molecular flexibility index (Phi) is 5.29. The van der Waals surface area contributed by atoms with E-state index in [4.69, 9.17) is 0 Å². The van der Waals surface area contributed by atoms with Crippen LogP contribution in [0.5, 0.6) is 0 Å². The minimum atomic E-state index is -3.22. The van der Waals surface area contributed by atoms with Crippen LogP contribution in [-0.2, 0) is 10.0 Å². The molecule has 1 aliphatic rings. The lowest BCUT2D eigenvalue weighted by Gasteiger charge is -2.32. The van der Waals surface area contributed by atoms with Crippen LogP contribution in [0, 0.1) is 0 Å². The van der Waals surface area contributed by atoms with Gasteiger partial charge in [0.15, 0.2) is 0 Å². The van der Waals surface area contributed by atoms with Gasteiger partial charge >= 0.3 is 0 Å². The number of aromatic nitrogens is 2. The largest absolute Gasteiger partial charge is 0.337 e. The standard InChI is InChI=1S/C17H22N4O3S/c1-2-11-25(23,24)20-13-7-9-21(10-8-13)17(22)16-12-18-14-5-3-4-6-15(14)19-16/h3-6,12-13,20H,2,7-11H2,1H3. The zero-order valence-electron chi connectivity index (χ0n) is 14.2. The van der Waals surface area contributed by atoms with Crippen molar-refractivity contribution in [1.29, 1.82) is 0 Å². The third kappa shape index (κ3) is 4.32. The number of nitrogens with zero attached hydrogens (tertiary/aromatic N) is 3. The highest BCUT2D eigenvalue weighted by Gasteiger charge is 2.27. The molecule has 7 nitrogen and oxygen atoms in total. The normalized spacial score (nSPS) is 16.3. The highest BCUT2D eigenvalue weighted by Crippen LogP contribution is 2.15. The van der Waals surface area contributed by atoms with Crippen molar-refractivity contribution in [2.75, 3.05) is 18.8 Å². The van der Waals surface area contributed by atoms with Gasteiger partial charge in [-0.05, 0) is 31.4 Å². The Hall–Kier alpha value is -2.06. The second-order valence-electron chi connectivity index (χ2n) is 6.25. The molecular formula is C17H22N4O3S. The summed E-state index contributed by atoms with van der Waals surface area (Å²) >= 11 is 0. The van der Waals surface area contributed by atoms with Gasteiger partial charge in [-0.15, -0.1) is 0 Å². The summed E-state index contributed by atoms with van der Waals surface area (Å²) in [6.45, 7) is 2.85. The van der Waals surface area contributed by atoms with Crippen LogP contribution in [0.25, 0.3) is 11.0 Å². The van der Waals surface area contributed by atoms with Gasteiger partial charge in [-0.25, -0.2) is 18.1 Å². The third-order valence-electron chi connectivity index (χ3n) is 4.27. The van der Waals surface area contributed by atoms with Crippen molar-refractivity contribution < 1.29 is 13.2 Å². The zero-order chi connectivity index (χ0) is 17.9. The maximum absolute atomic E-state index is 12.6. The molecule has 8 heteroatoms. The zero-order valence-corrected chi connectivity index (χ0v) is 15.0. The number of sulfonamides is 1. The van der Waals surface area contributed by atoms with Gasteiger partial charge in [-0.2, -0.15) is 0 Å². The number of hydrogen-bond donors (Lipinski definition) is 1. The Labute approximate surface area is 147 Å². The van der Waals surface area contributed by atoms with E-state index in [1.165, 1.54) is 6.20 Å². The maximum atomic E-state index is 12.6. The number of carbonyl (C=O) groups is 1. The molecule has 0 spiro atoms. The van der Waals surface area contributed by atoms with E-state index in [1.807, 2.05) is 31.2 Å². The molecule has 3 rings (SSSR count). The molecule has 1 aromatic heterocycles. The number of benzene rings is 1. The molecule has 0 unspecified atom stereocenters. The number of likely N-dealkylation sites (tertiary alicyclic amines) is 1. The molecule has 1 aromatic carbocycles. The van der Waals surface area contributed by atoms with Crippen molar-refractivity contribution in [2.45, 2.75) is 32.2 Å². The minimum absolute atomic E-state index is 0.108. The number of hydrogen-bond acceptors (Lipinski definition) is 5. The Morgan fingerprint density at radius 2 is 1.92 bits per heavy atom. The molecule has 0 atom stereocenters. The quantitative estimate of drug-likeness (QED) is 0.871. The van der Waals surface area contributed by atoms with E-state index in [0.717, 1.165) is 5.52 Å². The lowest BCUT2D eigenvalue weighted by molar-refractivity contribution is 0.0705. The smallest absolute Gasteiger partial charge is 0.274 e. The van der Waals surface area contributed by atoms with E-state index >= 15 is 0 Å². The van der Waals surface area contributed by atoms with E-state index < -0.39 is 10.0 Å². The molecule has 2 heterocycles. The summed E-state index contributed by atoms with van der Waals surface area (Å²) in [5.74, 6) is -0.0214. The predicted molar refractivity (Wildman–Crippen MR) is 95.7 cm³/mol. The maximum Gasteiger partial charge on any atom is 0.274 e. The highest BCUT2D eigenvalue weighted by molar-refractivity contribution is 7.89. The van der Waals surface area contributed by atoms with Crippen molar-refractivity contribution in [2.24, 2.45) is 0 Å². The number of rotatable bonds is 5. The van der Waals surface area contributed by atoms with Gasteiger partial charge in [-0.1, -0.05) is 19.1 Å². The Morgan fingerprint density at radius 1 is 1.24 bits per heavy atom. The van der Waals surface area contributed by atoms with Crippen LogP contribution in [0.3, 0.4) is 0 Å². The number of amides is 1. The number of carbonyl (C=O) groups excluding carboxylic acids is 1. The second-order valence-corrected chi connectivity index (χ2v) is 8.12. The fraction of sp³-hybridized carbons (Fsp3) is 0.471. The Balaban J connectivity index is 1.63. The van der Waals surface area contributed by atoms with E-state index in [9.17, 15) is 13.2 Å². The van der Waals surface area contributed by atoms with Crippen LogP contribution >= 0.6 is 0 Å². The molecule has 1 saturated heterocycles. The van der Waals surface area contributed by atoms with Gasteiger partial charge in [0.2, 0.25) is 10.0 Å². The van der Waals surface area contributed by atoms with E-state index in [2.05, 4.69) is 14.7 Å². The van der Waals surface area contributed by atoms with Gasteiger partial charge in [0, 0.05) is 19.1 Å². The van der Waals surface area contributed by atoms with Gasteiger partial charge in [0.1, 0.15) is 5.69 Å². The molecule has 0 radical (unpaired) electrons. The molecule has 1 aliphatic heterocycles. The van der Waals surface area contributed by atoms with Crippen LogP contribution in [0.15, 0.2) is 30.5 Å². The summed E-state index contributed by atoms with van der Waals surface area (Å²) in [5.41, 5.74) is 1.77. The topological polar surface area (TPSA) is 92.3 Å². The molecule has 0 aliphatic carbocycles. The summed E-state index contributed by atoms with van der Waals surface area (Å²) in [5, 5.41) is 0. The summed E-state index contributed by atoms with van der Waals surface area (Å²) in [4.78, 5) is 23.0. The van der Waals surface area contributed by atoms with E-state index in [1.54, 1.807) is 4.90 Å². The van der Waals surface area contributed by atoms with Crippen molar-refractivity contribution in [3.63, 3.8) is 0 Å². The average molecular weight is 362 g/mol. The molecular weight excluding hydrogens is 340 g/mol. The van der Waals surface area contributed by atoms with Gasteiger partial charge < -0.3 is 4.90 Å². The van der Waals surface area contributed by atoms with Crippen molar-refractivity contribution in [3.8, 4) is 0 Å². The van der Waals surface area contributed by atoms with Gasteiger partial charge in [0.05, 0.1) is 23.0 Å². The molecule has 2 aromatic rings. The van der Waals surface area contributed by atoms with Crippen LogP contribution < -0.4 is 4.72 Å². The van der Waals surface area contributed by atoms with Gasteiger partial charge in [-0.3, -0.25) is 9.78 Å². The predicted octanol–water partition coefficient (Wildman–Crippen LogP) is 1.56. The summed E-state index contributed by atoms with van der Waals surface area (Å²) < 4.78 is 26.4. The summed E-state index contributed by atoms with van der Waals surface area (Å²) in [6.07, 6.45) is 3.30.